The van der Waals surface area contributed by atoms with E-state index >= 15 is 0 Å². The summed E-state index contributed by atoms with van der Waals surface area (Å²) < 4.78 is 10.5. The summed E-state index contributed by atoms with van der Waals surface area (Å²) in [5.41, 5.74) is 0.269. The zero-order valence-electron chi connectivity index (χ0n) is 18.8. The molecule has 0 aliphatic carbocycles. The van der Waals surface area contributed by atoms with Crippen LogP contribution in [-0.2, 0) is 14.3 Å². The third-order valence-corrected chi connectivity index (χ3v) is 5.78. The van der Waals surface area contributed by atoms with Gasteiger partial charge in [0, 0.05) is 31.9 Å². The molecule has 0 saturated carbocycles. The minimum absolute atomic E-state index is 0.0426. The molecule has 1 aliphatic rings. The van der Waals surface area contributed by atoms with Crippen LogP contribution in [0.1, 0.15) is 29.9 Å². The molecule has 3 rings (SSSR count). The van der Waals surface area contributed by atoms with Crippen LogP contribution in [0.25, 0.3) is 11.0 Å². The number of ether oxygens (including phenoxy) is 2. The SMILES string of the molecule is COC(=O)c1cc(C)nc2nc(SCC(=O)NCC3CN(CC(C)C)CCO3)[nH]c(=O)c12. The third-order valence-electron chi connectivity index (χ3n) is 4.90. The average Bonchev–Trinajstić information content (AvgIpc) is 2.74. The standard InChI is InChI=1S/C21H29N5O5S/c1-12(2)9-26-5-6-31-14(10-26)8-22-16(27)11-32-21-24-18-17(19(28)25-21)15(20(29)30-4)7-13(3)23-18/h7,12,14H,5-6,8-11H2,1-4H3,(H,22,27)(H,23,24,25,28). The van der Waals surface area contributed by atoms with Gasteiger partial charge >= 0.3 is 5.97 Å². The molecule has 2 N–H and O–H groups in total. The van der Waals surface area contributed by atoms with Gasteiger partial charge in [-0.05, 0) is 18.9 Å². The highest BCUT2D eigenvalue weighted by Crippen LogP contribution is 2.18. The monoisotopic (exact) mass is 463 g/mol. The topological polar surface area (TPSA) is 127 Å². The van der Waals surface area contributed by atoms with Crippen molar-refractivity contribution in [2.45, 2.75) is 32.0 Å². The first-order chi connectivity index (χ1) is 15.3. The van der Waals surface area contributed by atoms with E-state index in [0.717, 1.165) is 31.4 Å². The van der Waals surface area contributed by atoms with Gasteiger partial charge in [0.1, 0.15) is 0 Å². The minimum atomic E-state index is -0.635. The van der Waals surface area contributed by atoms with Crippen molar-refractivity contribution < 1.29 is 19.1 Å². The number of H-pyrrole nitrogens is 1. The van der Waals surface area contributed by atoms with E-state index in [1.165, 1.54) is 13.2 Å². The predicted molar refractivity (Wildman–Crippen MR) is 121 cm³/mol. The van der Waals surface area contributed by atoms with Crippen molar-refractivity contribution in [2.75, 3.05) is 45.6 Å². The summed E-state index contributed by atoms with van der Waals surface area (Å²) >= 11 is 1.09. The van der Waals surface area contributed by atoms with Crippen LogP contribution in [-0.4, -0.2) is 83.5 Å². The van der Waals surface area contributed by atoms with E-state index < -0.39 is 11.5 Å². The first-order valence-electron chi connectivity index (χ1n) is 10.5. The molecule has 0 spiro atoms. The molecule has 2 aromatic heterocycles. The molecule has 1 amide bonds. The van der Waals surface area contributed by atoms with Gasteiger partial charge in [-0.1, -0.05) is 25.6 Å². The molecule has 1 atom stereocenters. The molecular formula is C21H29N5O5S. The minimum Gasteiger partial charge on any atom is -0.465 e. The van der Waals surface area contributed by atoms with E-state index in [2.05, 4.69) is 39.0 Å². The number of aromatic amines is 1. The van der Waals surface area contributed by atoms with Gasteiger partial charge in [0.25, 0.3) is 5.56 Å². The van der Waals surface area contributed by atoms with Crippen molar-refractivity contribution in [3.8, 4) is 0 Å². The molecule has 0 bridgehead atoms. The Kier molecular flexibility index (Phi) is 8.21. The van der Waals surface area contributed by atoms with Crippen molar-refractivity contribution in [3.63, 3.8) is 0 Å². The Hall–Kier alpha value is -2.50. The van der Waals surface area contributed by atoms with Gasteiger partial charge in [0.2, 0.25) is 5.91 Å². The summed E-state index contributed by atoms with van der Waals surface area (Å²) in [6.45, 7) is 9.86. The number of nitrogens with one attached hydrogen (secondary N) is 2. The number of hydrogen-bond donors (Lipinski definition) is 2. The molecule has 2 aromatic rings. The molecule has 10 nitrogen and oxygen atoms in total. The van der Waals surface area contributed by atoms with Crippen molar-refractivity contribution >= 4 is 34.7 Å². The summed E-state index contributed by atoms with van der Waals surface area (Å²) in [4.78, 5) is 50.4. The Labute approximate surface area is 190 Å². The Morgan fingerprint density at radius 3 is 2.91 bits per heavy atom. The molecule has 0 radical (unpaired) electrons. The second-order valence-corrected chi connectivity index (χ2v) is 9.08. The molecule has 1 saturated heterocycles. The van der Waals surface area contributed by atoms with E-state index in [0.29, 0.717) is 24.8 Å². The Balaban J connectivity index is 1.59. The molecule has 32 heavy (non-hydrogen) atoms. The van der Waals surface area contributed by atoms with Gasteiger partial charge in [0.05, 0.1) is 36.5 Å². The van der Waals surface area contributed by atoms with Crippen molar-refractivity contribution in [3.05, 3.63) is 27.7 Å². The average molecular weight is 464 g/mol. The molecule has 1 unspecified atom stereocenters. The summed E-state index contributed by atoms with van der Waals surface area (Å²) in [5, 5.41) is 3.20. The Morgan fingerprint density at radius 1 is 1.41 bits per heavy atom. The number of methoxy groups -OCH3 is 1. The summed E-state index contributed by atoms with van der Waals surface area (Å²) in [5.74, 6) is -0.162. The van der Waals surface area contributed by atoms with Gasteiger partial charge in [-0.25, -0.2) is 14.8 Å². The zero-order valence-corrected chi connectivity index (χ0v) is 19.6. The number of fused-ring (bicyclic) bond motifs is 1. The number of carbonyl (C=O) groups is 2. The Morgan fingerprint density at radius 2 is 2.19 bits per heavy atom. The van der Waals surface area contributed by atoms with Gasteiger partial charge in [-0.2, -0.15) is 0 Å². The first kappa shape index (κ1) is 24.1. The normalized spacial score (nSPS) is 17.0. The largest absolute Gasteiger partial charge is 0.465 e. The fourth-order valence-corrected chi connectivity index (χ4v) is 4.27. The van der Waals surface area contributed by atoms with Gasteiger partial charge < -0.3 is 19.8 Å². The number of rotatable bonds is 8. The van der Waals surface area contributed by atoms with Crippen LogP contribution < -0.4 is 10.9 Å². The number of nitrogens with zero attached hydrogens (tertiary/aromatic N) is 3. The molecule has 11 heteroatoms. The van der Waals surface area contributed by atoms with Crippen LogP contribution >= 0.6 is 11.8 Å². The molecule has 3 heterocycles. The number of carbonyl (C=O) groups excluding carboxylic acids is 2. The lowest BCUT2D eigenvalue weighted by molar-refractivity contribution is -0.119. The van der Waals surface area contributed by atoms with Crippen LogP contribution in [0.5, 0.6) is 0 Å². The lowest BCUT2D eigenvalue weighted by atomic mass is 10.1. The zero-order chi connectivity index (χ0) is 23.3. The second-order valence-electron chi connectivity index (χ2n) is 8.11. The number of aryl methyl sites for hydroxylation is 1. The highest BCUT2D eigenvalue weighted by atomic mass is 32.2. The van der Waals surface area contributed by atoms with Crippen LogP contribution in [0.15, 0.2) is 16.0 Å². The van der Waals surface area contributed by atoms with Gasteiger partial charge in [-0.15, -0.1) is 0 Å². The van der Waals surface area contributed by atoms with Crippen molar-refractivity contribution in [2.24, 2.45) is 5.92 Å². The lowest BCUT2D eigenvalue weighted by Gasteiger charge is -2.33. The fourth-order valence-electron chi connectivity index (χ4n) is 3.58. The van der Waals surface area contributed by atoms with Crippen LogP contribution in [0, 0.1) is 12.8 Å². The number of pyridine rings is 1. The lowest BCUT2D eigenvalue weighted by Crippen LogP contribution is -2.48. The highest BCUT2D eigenvalue weighted by molar-refractivity contribution is 7.99. The van der Waals surface area contributed by atoms with Gasteiger partial charge in [-0.3, -0.25) is 14.5 Å². The number of morpholine rings is 1. The van der Waals surface area contributed by atoms with Crippen molar-refractivity contribution in [1.82, 2.24) is 25.2 Å². The van der Waals surface area contributed by atoms with Crippen LogP contribution in [0.3, 0.4) is 0 Å². The summed E-state index contributed by atoms with van der Waals surface area (Å²) in [6.07, 6.45) is -0.0426. The smallest absolute Gasteiger partial charge is 0.338 e. The van der Waals surface area contributed by atoms with E-state index in [1.807, 2.05) is 0 Å². The number of thioether (sulfide) groups is 1. The quantitative estimate of drug-likeness (QED) is 0.335. The number of hydrogen-bond acceptors (Lipinski definition) is 9. The summed E-state index contributed by atoms with van der Waals surface area (Å²) in [7, 11) is 1.24. The maximum atomic E-state index is 12.6. The molecule has 1 fully saturated rings. The molecular weight excluding hydrogens is 434 g/mol. The highest BCUT2D eigenvalue weighted by Gasteiger charge is 2.22. The maximum Gasteiger partial charge on any atom is 0.338 e. The number of aromatic nitrogens is 3. The second kappa shape index (κ2) is 10.9. The molecule has 174 valence electrons. The van der Waals surface area contributed by atoms with E-state index in [1.54, 1.807) is 6.92 Å². The van der Waals surface area contributed by atoms with E-state index in [9.17, 15) is 14.4 Å². The first-order valence-corrected chi connectivity index (χ1v) is 11.5. The van der Waals surface area contributed by atoms with Crippen LogP contribution in [0.4, 0.5) is 0 Å². The summed E-state index contributed by atoms with van der Waals surface area (Å²) in [6, 6.07) is 1.49. The Bertz CT molecular complexity index is 1040. The third kappa shape index (κ3) is 6.27. The molecule has 0 aromatic carbocycles. The maximum absolute atomic E-state index is 12.6. The van der Waals surface area contributed by atoms with E-state index in [-0.39, 0.29) is 39.5 Å². The number of esters is 1. The van der Waals surface area contributed by atoms with Crippen LogP contribution in [0.2, 0.25) is 0 Å². The fraction of sp³-hybridized carbons (Fsp3) is 0.571. The predicted octanol–water partition coefficient (Wildman–Crippen LogP) is 0.978. The van der Waals surface area contributed by atoms with E-state index in [4.69, 9.17) is 9.47 Å². The van der Waals surface area contributed by atoms with Crippen molar-refractivity contribution in [1.29, 1.82) is 0 Å². The number of amides is 1. The van der Waals surface area contributed by atoms with Gasteiger partial charge in [0.15, 0.2) is 10.8 Å². The molecule has 1 aliphatic heterocycles.